The number of morpholine rings is 1. The summed E-state index contributed by atoms with van der Waals surface area (Å²) < 4.78 is 5.42. The van der Waals surface area contributed by atoms with Crippen LogP contribution in [0.25, 0.3) is 0 Å². The first kappa shape index (κ1) is 19.9. The van der Waals surface area contributed by atoms with Crippen LogP contribution < -0.4 is 5.32 Å². The number of amides is 2. The Bertz CT molecular complexity index is 723. The van der Waals surface area contributed by atoms with Gasteiger partial charge < -0.3 is 15.0 Å². The van der Waals surface area contributed by atoms with Gasteiger partial charge in [-0.05, 0) is 48.1 Å². The van der Waals surface area contributed by atoms with Gasteiger partial charge in [-0.3, -0.25) is 4.90 Å². The SMILES string of the molecule is CCc1ccc(NC(=O)N(CCN2CCOCC2)Cc2sccc2C)cc1. The molecular formula is C21H29N3O2S. The lowest BCUT2D eigenvalue weighted by Gasteiger charge is -2.30. The lowest BCUT2D eigenvalue weighted by molar-refractivity contribution is 0.0349. The van der Waals surface area contributed by atoms with Gasteiger partial charge in [-0.25, -0.2) is 4.79 Å². The van der Waals surface area contributed by atoms with E-state index in [0.29, 0.717) is 13.1 Å². The molecule has 0 bridgehead atoms. The van der Waals surface area contributed by atoms with Crippen molar-refractivity contribution in [1.29, 1.82) is 0 Å². The average Bonchev–Trinajstić information content (AvgIpc) is 3.11. The third kappa shape index (κ3) is 5.79. The Morgan fingerprint density at radius 3 is 2.59 bits per heavy atom. The first-order valence-corrected chi connectivity index (χ1v) is 10.5. The summed E-state index contributed by atoms with van der Waals surface area (Å²) in [5.41, 5.74) is 3.36. The summed E-state index contributed by atoms with van der Waals surface area (Å²) in [5.74, 6) is 0. The zero-order chi connectivity index (χ0) is 19.1. The number of benzene rings is 1. The number of thiophene rings is 1. The van der Waals surface area contributed by atoms with E-state index < -0.39 is 0 Å². The van der Waals surface area contributed by atoms with Gasteiger partial charge in [0.05, 0.1) is 19.8 Å². The van der Waals surface area contributed by atoms with Gasteiger partial charge in [-0.15, -0.1) is 11.3 Å². The molecule has 6 heteroatoms. The fraction of sp³-hybridized carbons (Fsp3) is 0.476. The van der Waals surface area contributed by atoms with Crippen LogP contribution in [0.15, 0.2) is 35.7 Å². The monoisotopic (exact) mass is 387 g/mol. The number of urea groups is 1. The largest absolute Gasteiger partial charge is 0.379 e. The molecule has 5 nitrogen and oxygen atoms in total. The van der Waals surface area contributed by atoms with E-state index in [1.54, 1.807) is 11.3 Å². The molecule has 2 heterocycles. The number of aryl methyl sites for hydroxylation is 2. The molecule has 0 saturated carbocycles. The fourth-order valence-corrected chi connectivity index (χ4v) is 4.03. The van der Waals surface area contributed by atoms with Gasteiger partial charge in [-0.1, -0.05) is 19.1 Å². The van der Waals surface area contributed by atoms with E-state index in [-0.39, 0.29) is 6.03 Å². The second-order valence-corrected chi connectivity index (χ2v) is 7.88. The molecule has 1 N–H and O–H groups in total. The average molecular weight is 388 g/mol. The van der Waals surface area contributed by atoms with E-state index in [1.165, 1.54) is 16.0 Å². The number of nitrogens with one attached hydrogen (secondary N) is 1. The number of anilines is 1. The molecular weight excluding hydrogens is 358 g/mol. The second kappa shape index (κ2) is 9.88. The Morgan fingerprint density at radius 2 is 1.96 bits per heavy atom. The Kier molecular flexibility index (Phi) is 7.26. The Hall–Kier alpha value is -1.89. The molecule has 2 amide bonds. The van der Waals surface area contributed by atoms with Crippen LogP contribution in [0.5, 0.6) is 0 Å². The predicted octanol–water partition coefficient (Wildman–Crippen LogP) is 3.99. The maximum Gasteiger partial charge on any atom is 0.322 e. The Morgan fingerprint density at radius 1 is 1.22 bits per heavy atom. The molecule has 3 rings (SSSR count). The zero-order valence-electron chi connectivity index (χ0n) is 16.2. The van der Waals surface area contributed by atoms with E-state index >= 15 is 0 Å². The molecule has 146 valence electrons. The molecule has 1 aliphatic heterocycles. The van der Waals surface area contributed by atoms with Crippen LogP contribution >= 0.6 is 11.3 Å². The van der Waals surface area contributed by atoms with Crippen molar-refractivity contribution in [2.75, 3.05) is 44.7 Å². The van der Waals surface area contributed by atoms with Crippen LogP contribution in [-0.2, 0) is 17.7 Å². The fourth-order valence-electron chi connectivity index (χ4n) is 3.11. The van der Waals surface area contributed by atoms with E-state index in [2.05, 4.69) is 47.6 Å². The van der Waals surface area contributed by atoms with Gasteiger partial charge >= 0.3 is 6.03 Å². The van der Waals surface area contributed by atoms with Crippen molar-refractivity contribution in [1.82, 2.24) is 9.80 Å². The first-order valence-electron chi connectivity index (χ1n) is 9.63. The molecule has 0 aliphatic carbocycles. The van der Waals surface area contributed by atoms with Crippen molar-refractivity contribution in [2.45, 2.75) is 26.8 Å². The van der Waals surface area contributed by atoms with E-state index in [4.69, 9.17) is 4.74 Å². The highest BCUT2D eigenvalue weighted by Crippen LogP contribution is 2.19. The number of ether oxygens (including phenoxy) is 1. The van der Waals surface area contributed by atoms with Crippen molar-refractivity contribution in [3.63, 3.8) is 0 Å². The first-order chi connectivity index (χ1) is 13.2. The van der Waals surface area contributed by atoms with E-state index in [1.807, 2.05) is 17.0 Å². The van der Waals surface area contributed by atoms with Crippen molar-refractivity contribution in [3.8, 4) is 0 Å². The summed E-state index contributed by atoms with van der Waals surface area (Å²) in [7, 11) is 0. The number of carbonyl (C=O) groups excluding carboxylic acids is 1. The van der Waals surface area contributed by atoms with Crippen LogP contribution in [0.4, 0.5) is 10.5 Å². The van der Waals surface area contributed by atoms with Crippen LogP contribution in [0.3, 0.4) is 0 Å². The normalized spacial score (nSPS) is 14.9. The van der Waals surface area contributed by atoms with Crippen molar-refractivity contribution in [2.24, 2.45) is 0 Å². The summed E-state index contributed by atoms with van der Waals surface area (Å²) in [5, 5.41) is 5.15. The smallest absolute Gasteiger partial charge is 0.322 e. The number of hydrogen-bond acceptors (Lipinski definition) is 4. The lowest BCUT2D eigenvalue weighted by Crippen LogP contribution is -2.44. The lowest BCUT2D eigenvalue weighted by atomic mass is 10.1. The number of carbonyl (C=O) groups is 1. The molecule has 0 atom stereocenters. The number of rotatable bonds is 7. The Labute approximate surface area is 165 Å². The second-order valence-electron chi connectivity index (χ2n) is 6.88. The summed E-state index contributed by atoms with van der Waals surface area (Å²) in [6.07, 6.45) is 0.998. The van der Waals surface area contributed by atoms with Gasteiger partial charge in [0.15, 0.2) is 0 Å². The number of nitrogens with zero attached hydrogens (tertiary/aromatic N) is 2. The third-order valence-corrected chi connectivity index (χ3v) is 6.00. The summed E-state index contributed by atoms with van der Waals surface area (Å²) in [6.45, 7) is 9.88. The van der Waals surface area contributed by atoms with Crippen LogP contribution in [0.2, 0.25) is 0 Å². The van der Waals surface area contributed by atoms with Gasteiger partial charge in [0.25, 0.3) is 0 Å². The van der Waals surface area contributed by atoms with E-state index in [9.17, 15) is 4.79 Å². The summed E-state index contributed by atoms with van der Waals surface area (Å²) in [4.78, 5) is 18.5. The van der Waals surface area contributed by atoms with Crippen LogP contribution in [0, 0.1) is 6.92 Å². The minimum Gasteiger partial charge on any atom is -0.379 e. The maximum atomic E-state index is 13.0. The van der Waals surface area contributed by atoms with E-state index in [0.717, 1.165) is 45.0 Å². The molecule has 0 unspecified atom stereocenters. The van der Waals surface area contributed by atoms with Gasteiger partial charge in [0.2, 0.25) is 0 Å². The standard InChI is InChI=1S/C21H29N3O2S/c1-3-18-4-6-19(7-5-18)22-21(25)24(16-20-17(2)8-15-27-20)10-9-23-11-13-26-14-12-23/h4-8,15H,3,9-14,16H2,1-2H3,(H,22,25). The highest BCUT2D eigenvalue weighted by molar-refractivity contribution is 7.10. The van der Waals surface area contributed by atoms with Gasteiger partial charge in [0, 0.05) is 36.7 Å². The maximum absolute atomic E-state index is 13.0. The van der Waals surface area contributed by atoms with Crippen LogP contribution in [-0.4, -0.2) is 55.2 Å². The van der Waals surface area contributed by atoms with Crippen LogP contribution in [0.1, 0.15) is 22.9 Å². The molecule has 1 saturated heterocycles. The minimum atomic E-state index is -0.0414. The topological polar surface area (TPSA) is 44.8 Å². The molecule has 0 radical (unpaired) electrons. The molecule has 1 aliphatic rings. The molecule has 1 aromatic carbocycles. The number of hydrogen-bond donors (Lipinski definition) is 1. The molecule has 27 heavy (non-hydrogen) atoms. The third-order valence-electron chi connectivity index (χ3n) is 4.99. The van der Waals surface area contributed by atoms with Gasteiger partial charge in [0.1, 0.15) is 0 Å². The van der Waals surface area contributed by atoms with Crippen molar-refractivity contribution in [3.05, 3.63) is 51.7 Å². The van der Waals surface area contributed by atoms with Gasteiger partial charge in [-0.2, -0.15) is 0 Å². The summed E-state index contributed by atoms with van der Waals surface area (Å²) in [6, 6.07) is 10.2. The summed E-state index contributed by atoms with van der Waals surface area (Å²) >= 11 is 1.71. The molecule has 0 spiro atoms. The molecule has 1 aromatic heterocycles. The minimum absolute atomic E-state index is 0.0414. The Balaban J connectivity index is 1.64. The molecule has 2 aromatic rings. The van der Waals surface area contributed by atoms with Crippen molar-refractivity contribution < 1.29 is 9.53 Å². The zero-order valence-corrected chi connectivity index (χ0v) is 17.1. The molecule has 1 fully saturated rings. The predicted molar refractivity (Wildman–Crippen MR) is 112 cm³/mol. The van der Waals surface area contributed by atoms with Crippen molar-refractivity contribution >= 4 is 23.1 Å². The quantitative estimate of drug-likeness (QED) is 0.781. The highest BCUT2D eigenvalue weighted by atomic mass is 32.1. The highest BCUT2D eigenvalue weighted by Gasteiger charge is 2.18.